The van der Waals surface area contributed by atoms with Crippen molar-refractivity contribution >= 4 is 6.08 Å². The number of aliphatic imine (C=N–C) groups is 1. The van der Waals surface area contributed by atoms with Gasteiger partial charge in [0.05, 0.1) is 0 Å². The zero-order valence-corrected chi connectivity index (χ0v) is 11.9. The van der Waals surface area contributed by atoms with E-state index < -0.39 is 6.08 Å². The summed E-state index contributed by atoms with van der Waals surface area (Å²) in [5.74, 6) is 0. The van der Waals surface area contributed by atoms with E-state index in [1.165, 1.54) is 7.05 Å². The van der Waals surface area contributed by atoms with E-state index in [1.807, 2.05) is 61.6 Å². The Balaban J connectivity index is 0.000000454. The third-order valence-electron chi connectivity index (χ3n) is 2.13. The summed E-state index contributed by atoms with van der Waals surface area (Å²) < 4.78 is 0. The fourth-order valence-electron chi connectivity index (χ4n) is 1.17. The summed E-state index contributed by atoms with van der Waals surface area (Å²) in [6.07, 6.45) is 7.02. The number of hydroxylamine groups is 1. The molecule has 1 aliphatic rings. The van der Waals surface area contributed by atoms with Gasteiger partial charge in [0.15, 0.2) is 6.08 Å². The first-order valence-corrected chi connectivity index (χ1v) is 5.53. The quantitative estimate of drug-likeness (QED) is 0.297. The van der Waals surface area contributed by atoms with Crippen LogP contribution in [-0.2, 0) is 21.9 Å². The van der Waals surface area contributed by atoms with Crippen molar-refractivity contribution in [2.75, 3.05) is 7.05 Å². The summed E-state index contributed by atoms with van der Waals surface area (Å²) >= 11 is 0. The van der Waals surface area contributed by atoms with Crippen LogP contribution in [0.15, 0.2) is 70.9 Å². The molecule has 0 atom stereocenters. The van der Waals surface area contributed by atoms with E-state index in [-0.39, 0.29) is 17.1 Å². The molecule has 0 bridgehead atoms. The minimum absolute atomic E-state index is 0. The number of hydrogen-bond acceptors (Lipinski definition) is 4. The molecule has 102 valence electrons. The van der Waals surface area contributed by atoms with Crippen LogP contribution in [0.1, 0.15) is 6.92 Å². The molecule has 0 fully saturated rings. The van der Waals surface area contributed by atoms with Gasteiger partial charge in [0.25, 0.3) is 0 Å². The largest absolute Gasteiger partial charge is 2.00 e. The van der Waals surface area contributed by atoms with Crippen LogP contribution < -0.4 is 10.6 Å². The smallest absolute Gasteiger partial charge is 0.528 e. The van der Waals surface area contributed by atoms with Crippen LogP contribution in [0.5, 0.6) is 0 Å². The van der Waals surface area contributed by atoms with Gasteiger partial charge in [-0.1, -0.05) is 24.3 Å². The molecule has 0 aromatic heterocycles. The van der Waals surface area contributed by atoms with Gasteiger partial charge in [-0.2, -0.15) is 18.2 Å². The second-order valence-electron chi connectivity index (χ2n) is 3.45. The minimum Gasteiger partial charge on any atom is -0.528 e. The summed E-state index contributed by atoms with van der Waals surface area (Å²) in [5.41, 5.74) is 4.28. The van der Waals surface area contributed by atoms with Gasteiger partial charge in [-0.3, -0.25) is 4.99 Å². The van der Waals surface area contributed by atoms with Crippen molar-refractivity contribution in [1.29, 1.82) is 0 Å². The van der Waals surface area contributed by atoms with Gasteiger partial charge in [-0.25, -0.2) is 12.1 Å². The van der Waals surface area contributed by atoms with Gasteiger partial charge >= 0.3 is 17.1 Å². The van der Waals surface area contributed by atoms with Crippen LogP contribution >= 0.6 is 0 Å². The monoisotopic (exact) mass is 300 g/mol. The second kappa shape index (κ2) is 10.1. The SMILES string of the molecule is CN=C([O-])ONC(C)=C1C=CC=C1.[Fe+2].c1cc[cH-]c1. The molecule has 19 heavy (non-hydrogen) atoms. The molecule has 0 aliphatic heterocycles. The van der Waals surface area contributed by atoms with Gasteiger partial charge in [0.1, 0.15) is 0 Å². The van der Waals surface area contributed by atoms with E-state index >= 15 is 0 Å². The van der Waals surface area contributed by atoms with E-state index in [4.69, 9.17) is 0 Å². The van der Waals surface area contributed by atoms with Gasteiger partial charge in [0.2, 0.25) is 0 Å². The average Bonchev–Trinajstić information content (AvgIpc) is 3.08. The topological polar surface area (TPSA) is 56.7 Å². The van der Waals surface area contributed by atoms with E-state index in [9.17, 15) is 5.11 Å². The van der Waals surface area contributed by atoms with Crippen molar-refractivity contribution in [2.45, 2.75) is 6.92 Å². The normalized spacial score (nSPS) is 12.3. The Kier molecular flexibility index (Phi) is 9.14. The minimum atomic E-state index is -0.633. The third kappa shape index (κ3) is 7.24. The zero-order chi connectivity index (χ0) is 13.2. The maximum atomic E-state index is 10.6. The molecule has 1 aromatic carbocycles. The van der Waals surface area contributed by atoms with Gasteiger partial charge in [-0.05, 0) is 12.5 Å². The van der Waals surface area contributed by atoms with E-state index in [2.05, 4.69) is 15.3 Å². The Morgan fingerprint density at radius 2 is 1.84 bits per heavy atom. The first-order chi connectivity index (χ1) is 8.74. The van der Waals surface area contributed by atoms with Crippen LogP contribution in [0.25, 0.3) is 0 Å². The molecule has 5 heteroatoms. The number of allylic oxidation sites excluding steroid dienone is 6. The maximum Gasteiger partial charge on any atom is 2.00 e. The first kappa shape index (κ1) is 17.2. The number of hydrogen-bond donors (Lipinski definition) is 1. The Hall–Kier alpha value is -1.84. The molecule has 1 N–H and O–H groups in total. The van der Waals surface area contributed by atoms with Crippen molar-refractivity contribution in [3.05, 3.63) is 65.9 Å². The van der Waals surface area contributed by atoms with Crippen LogP contribution in [0.3, 0.4) is 0 Å². The fraction of sp³-hybridized carbons (Fsp3) is 0.143. The molecular formula is C14H16FeN2O2. The molecular weight excluding hydrogens is 284 g/mol. The summed E-state index contributed by atoms with van der Waals surface area (Å²) in [7, 11) is 1.38. The molecule has 4 nitrogen and oxygen atoms in total. The third-order valence-corrected chi connectivity index (χ3v) is 2.13. The molecule has 0 saturated heterocycles. The summed E-state index contributed by atoms with van der Waals surface area (Å²) in [6, 6.07) is 10.0. The molecule has 0 unspecified atom stereocenters. The van der Waals surface area contributed by atoms with Gasteiger partial charge < -0.3 is 15.4 Å². The molecule has 0 radical (unpaired) electrons. The molecule has 1 aromatic rings. The Morgan fingerprint density at radius 3 is 2.26 bits per heavy atom. The summed E-state index contributed by atoms with van der Waals surface area (Å²) in [5, 5.41) is 10.6. The molecule has 2 rings (SSSR count). The summed E-state index contributed by atoms with van der Waals surface area (Å²) in [4.78, 5) is 7.89. The van der Waals surface area contributed by atoms with E-state index in [0.717, 1.165) is 11.3 Å². The molecule has 0 heterocycles. The molecule has 0 amide bonds. The Morgan fingerprint density at radius 1 is 1.26 bits per heavy atom. The Bertz CT molecular complexity index is 429. The number of rotatable bonds is 2. The van der Waals surface area contributed by atoms with Crippen LogP contribution in [0.2, 0.25) is 0 Å². The van der Waals surface area contributed by atoms with Crippen molar-refractivity contribution < 1.29 is 27.0 Å². The predicted molar refractivity (Wildman–Crippen MR) is 70.6 cm³/mol. The first-order valence-electron chi connectivity index (χ1n) is 5.53. The second-order valence-corrected chi connectivity index (χ2v) is 3.45. The molecule has 0 spiro atoms. The summed E-state index contributed by atoms with van der Waals surface area (Å²) in [6.45, 7) is 1.82. The number of nitrogens with one attached hydrogen (secondary N) is 1. The van der Waals surface area contributed by atoms with Crippen molar-refractivity contribution in [3.63, 3.8) is 0 Å². The molecule has 1 aliphatic carbocycles. The van der Waals surface area contributed by atoms with Crippen LogP contribution in [0.4, 0.5) is 0 Å². The van der Waals surface area contributed by atoms with E-state index in [1.54, 1.807) is 0 Å². The van der Waals surface area contributed by atoms with Crippen molar-refractivity contribution in [3.8, 4) is 0 Å². The van der Waals surface area contributed by atoms with E-state index in [0.29, 0.717) is 0 Å². The van der Waals surface area contributed by atoms with Crippen molar-refractivity contribution in [2.24, 2.45) is 4.99 Å². The van der Waals surface area contributed by atoms with Gasteiger partial charge in [0, 0.05) is 12.7 Å². The predicted octanol–water partition coefficient (Wildman–Crippen LogP) is 1.66. The fourth-order valence-corrected chi connectivity index (χ4v) is 1.17. The van der Waals surface area contributed by atoms with Gasteiger partial charge in [-0.15, -0.1) is 0 Å². The average molecular weight is 300 g/mol. The van der Waals surface area contributed by atoms with Crippen molar-refractivity contribution in [1.82, 2.24) is 5.48 Å². The standard InChI is InChI=1S/C9H12N2O2.C5H5.Fe/c1-7(8-5-3-4-6-8)11-13-9(12)10-2;1-2-4-5-3-1;/h3-6,11H,1-2H3,(H,10,12);1-5H;/q;-1;+2/p-1. The number of nitrogens with zero attached hydrogens (tertiary/aromatic N) is 1. The van der Waals surface area contributed by atoms with Crippen LogP contribution in [0, 0.1) is 0 Å². The maximum absolute atomic E-state index is 10.6. The molecule has 0 saturated carbocycles. The Labute approximate surface area is 124 Å². The zero-order valence-electron chi connectivity index (χ0n) is 10.8. The van der Waals surface area contributed by atoms with Crippen LogP contribution in [-0.4, -0.2) is 13.1 Å².